The van der Waals surface area contributed by atoms with E-state index in [1.165, 1.54) is 0 Å². The maximum absolute atomic E-state index is 12.8. The van der Waals surface area contributed by atoms with E-state index in [2.05, 4.69) is 4.98 Å². The standard InChI is InChI=1S/C12H9F2NO/c13-9-5-10(14)7-12(6-9)16-8-11-3-1-2-4-15-11/h1-7H,8H2. The topological polar surface area (TPSA) is 22.1 Å². The summed E-state index contributed by atoms with van der Waals surface area (Å²) in [5, 5.41) is 0. The van der Waals surface area contributed by atoms with Gasteiger partial charge in [0, 0.05) is 24.4 Å². The summed E-state index contributed by atoms with van der Waals surface area (Å²) in [6.07, 6.45) is 1.63. The highest BCUT2D eigenvalue weighted by Gasteiger charge is 2.02. The molecule has 0 saturated carbocycles. The van der Waals surface area contributed by atoms with E-state index in [4.69, 9.17) is 4.74 Å². The first-order valence-electron chi connectivity index (χ1n) is 4.73. The molecular formula is C12H9F2NO. The lowest BCUT2D eigenvalue weighted by Gasteiger charge is -2.05. The minimum atomic E-state index is -0.656. The van der Waals surface area contributed by atoms with Crippen molar-refractivity contribution in [2.24, 2.45) is 0 Å². The average molecular weight is 221 g/mol. The normalized spacial score (nSPS) is 10.1. The van der Waals surface area contributed by atoms with Crippen molar-refractivity contribution in [2.45, 2.75) is 6.61 Å². The maximum Gasteiger partial charge on any atom is 0.130 e. The fourth-order valence-corrected chi connectivity index (χ4v) is 1.25. The third kappa shape index (κ3) is 2.76. The quantitative estimate of drug-likeness (QED) is 0.795. The van der Waals surface area contributed by atoms with Crippen molar-refractivity contribution < 1.29 is 13.5 Å². The molecule has 4 heteroatoms. The SMILES string of the molecule is Fc1cc(F)cc(OCc2ccccn2)c1. The van der Waals surface area contributed by atoms with Gasteiger partial charge in [-0.2, -0.15) is 0 Å². The molecule has 0 fully saturated rings. The van der Waals surface area contributed by atoms with Crippen LogP contribution in [0.15, 0.2) is 42.6 Å². The molecule has 1 aromatic carbocycles. The Hall–Kier alpha value is -1.97. The molecular weight excluding hydrogens is 212 g/mol. The van der Waals surface area contributed by atoms with Gasteiger partial charge in [0.25, 0.3) is 0 Å². The van der Waals surface area contributed by atoms with Crippen LogP contribution >= 0.6 is 0 Å². The molecule has 0 radical (unpaired) electrons. The molecule has 2 rings (SSSR count). The van der Waals surface area contributed by atoms with E-state index in [0.29, 0.717) is 5.69 Å². The van der Waals surface area contributed by atoms with Crippen molar-refractivity contribution >= 4 is 0 Å². The number of hydrogen-bond acceptors (Lipinski definition) is 2. The van der Waals surface area contributed by atoms with E-state index in [1.807, 2.05) is 6.07 Å². The molecule has 2 aromatic rings. The number of pyridine rings is 1. The predicted molar refractivity (Wildman–Crippen MR) is 54.9 cm³/mol. The van der Waals surface area contributed by atoms with Gasteiger partial charge < -0.3 is 4.74 Å². The summed E-state index contributed by atoms with van der Waals surface area (Å²) in [5.74, 6) is -1.16. The van der Waals surface area contributed by atoms with Crippen LogP contribution in [0, 0.1) is 11.6 Å². The van der Waals surface area contributed by atoms with Gasteiger partial charge in [0.1, 0.15) is 24.0 Å². The minimum Gasteiger partial charge on any atom is -0.487 e. The Kier molecular flexibility index (Phi) is 3.10. The van der Waals surface area contributed by atoms with Crippen molar-refractivity contribution in [3.8, 4) is 5.75 Å². The molecule has 0 aliphatic rings. The number of hydrogen-bond donors (Lipinski definition) is 0. The number of ether oxygens (including phenoxy) is 1. The molecule has 0 N–H and O–H groups in total. The smallest absolute Gasteiger partial charge is 0.130 e. The summed E-state index contributed by atoms with van der Waals surface area (Å²) in [6.45, 7) is 0.184. The Morgan fingerprint density at radius 1 is 1.06 bits per heavy atom. The van der Waals surface area contributed by atoms with E-state index in [1.54, 1.807) is 18.3 Å². The molecule has 0 amide bonds. The van der Waals surface area contributed by atoms with E-state index < -0.39 is 11.6 Å². The van der Waals surface area contributed by atoms with Crippen molar-refractivity contribution in [3.05, 3.63) is 59.9 Å². The lowest BCUT2D eigenvalue weighted by atomic mass is 10.3. The van der Waals surface area contributed by atoms with Crippen LogP contribution in [0.2, 0.25) is 0 Å². The highest BCUT2D eigenvalue weighted by atomic mass is 19.1. The molecule has 2 nitrogen and oxygen atoms in total. The van der Waals surface area contributed by atoms with E-state index in [9.17, 15) is 8.78 Å². The molecule has 0 unspecified atom stereocenters. The first kappa shape index (κ1) is 10.5. The lowest BCUT2D eigenvalue weighted by Crippen LogP contribution is -1.98. The van der Waals surface area contributed by atoms with Gasteiger partial charge in [-0.3, -0.25) is 4.98 Å². The summed E-state index contributed by atoms with van der Waals surface area (Å²) in [5.41, 5.74) is 0.701. The number of halogens is 2. The molecule has 16 heavy (non-hydrogen) atoms. The first-order valence-corrected chi connectivity index (χ1v) is 4.73. The minimum absolute atomic E-state index is 0.156. The second-order valence-electron chi connectivity index (χ2n) is 3.21. The number of aromatic nitrogens is 1. The second-order valence-corrected chi connectivity index (χ2v) is 3.21. The summed E-state index contributed by atoms with van der Waals surface area (Å²) in [4.78, 5) is 4.03. The van der Waals surface area contributed by atoms with Gasteiger partial charge in [-0.05, 0) is 12.1 Å². The van der Waals surface area contributed by atoms with E-state index in [0.717, 1.165) is 18.2 Å². The molecule has 0 spiro atoms. The highest BCUT2D eigenvalue weighted by molar-refractivity contribution is 5.24. The Morgan fingerprint density at radius 2 is 1.81 bits per heavy atom. The number of benzene rings is 1. The zero-order chi connectivity index (χ0) is 11.4. The van der Waals surface area contributed by atoms with Gasteiger partial charge in [0.2, 0.25) is 0 Å². The van der Waals surface area contributed by atoms with Crippen LogP contribution in [-0.2, 0) is 6.61 Å². The van der Waals surface area contributed by atoms with Crippen LogP contribution in [0.5, 0.6) is 5.75 Å². The molecule has 0 aliphatic heterocycles. The van der Waals surface area contributed by atoms with Gasteiger partial charge >= 0.3 is 0 Å². The molecule has 0 saturated heterocycles. The summed E-state index contributed by atoms with van der Waals surface area (Å²) >= 11 is 0. The van der Waals surface area contributed by atoms with Crippen LogP contribution < -0.4 is 4.74 Å². The van der Waals surface area contributed by atoms with Crippen molar-refractivity contribution in [3.63, 3.8) is 0 Å². The number of nitrogens with zero attached hydrogens (tertiary/aromatic N) is 1. The Bertz CT molecular complexity index is 453. The van der Waals surface area contributed by atoms with E-state index >= 15 is 0 Å². The van der Waals surface area contributed by atoms with Crippen LogP contribution in [0.1, 0.15) is 5.69 Å². The van der Waals surface area contributed by atoms with Crippen molar-refractivity contribution in [2.75, 3.05) is 0 Å². The van der Waals surface area contributed by atoms with Crippen LogP contribution in [0.4, 0.5) is 8.78 Å². The van der Waals surface area contributed by atoms with Crippen LogP contribution in [0.25, 0.3) is 0 Å². The van der Waals surface area contributed by atoms with Gasteiger partial charge in [0.15, 0.2) is 0 Å². The Labute approximate surface area is 91.5 Å². The number of rotatable bonds is 3. The molecule has 0 atom stereocenters. The molecule has 0 aliphatic carbocycles. The average Bonchev–Trinajstić information content (AvgIpc) is 2.27. The molecule has 0 bridgehead atoms. The fraction of sp³-hybridized carbons (Fsp3) is 0.0833. The first-order chi connectivity index (χ1) is 7.74. The highest BCUT2D eigenvalue weighted by Crippen LogP contribution is 2.16. The lowest BCUT2D eigenvalue weighted by molar-refractivity contribution is 0.298. The van der Waals surface area contributed by atoms with Crippen LogP contribution in [0.3, 0.4) is 0 Å². The molecule has 1 aromatic heterocycles. The van der Waals surface area contributed by atoms with Crippen molar-refractivity contribution in [1.29, 1.82) is 0 Å². The Morgan fingerprint density at radius 3 is 2.44 bits per heavy atom. The second kappa shape index (κ2) is 4.70. The summed E-state index contributed by atoms with van der Waals surface area (Å²) < 4.78 is 30.8. The van der Waals surface area contributed by atoms with Gasteiger partial charge in [-0.1, -0.05) is 6.07 Å². The zero-order valence-electron chi connectivity index (χ0n) is 8.36. The predicted octanol–water partition coefficient (Wildman–Crippen LogP) is 2.94. The third-order valence-electron chi connectivity index (χ3n) is 1.95. The van der Waals surface area contributed by atoms with Gasteiger partial charge in [-0.25, -0.2) is 8.78 Å². The Balaban J connectivity index is 2.05. The fourth-order valence-electron chi connectivity index (χ4n) is 1.25. The van der Waals surface area contributed by atoms with Gasteiger partial charge in [0.05, 0.1) is 5.69 Å². The summed E-state index contributed by atoms with van der Waals surface area (Å²) in [7, 11) is 0. The maximum atomic E-state index is 12.8. The summed E-state index contributed by atoms with van der Waals surface area (Å²) in [6, 6.07) is 8.44. The zero-order valence-corrected chi connectivity index (χ0v) is 8.36. The van der Waals surface area contributed by atoms with Crippen molar-refractivity contribution in [1.82, 2.24) is 4.98 Å². The largest absolute Gasteiger partial charge is 0.487 e. The van der Waals surface area contributed by atoms with Gasteiger partial charge in [-0.15, -0.1) is 0 Å². The third-order valence-corrected chi connectivity index (χ3v) is 1.95. The monoisotopic (exact) mass is 221 g/mol. The van der Waals surface area contributed by atoms with Crippen LogP contribution in [-0.4, -0.2) is 4.98 Å². The molecule has 1 heterocycles. The van der Waals surface area contributed by atoms with E-state index in [-0.39, 0.29) is 12.4 Å². The molecule has 82 valence electrons.